The second-order valence-corrected chi connectivity index (χ2v) is 6.11. The van der Waals surface area contributed by atoms with Gasteiger partial charge in [-0.25, -0.2) is 0 Å². The van der Waals surface area contributed by atoms with Gasteiger partial charge >= 0.3 is 0 Å². The lowest BCUT2D eigenvalue weighted by Crippen LogP contribution is -2.19. The molecule has 2 rings (SSSR count). The van der Waals surface area contributed by atoms with Gasteiger partial charge in [0.1, 0.15) is 12.4 Å². The van der Waals surface area contributed by atoms with Crippen molar-refractivity contribution in [1.82, 2.24) is 9.88 Å². The number of hydrogen-bond donors (Lipinski definition) is 1. The first kappa shape index (κ1) is 18.2. The summed E-state index contributed by atoms with van der Waals surface area (Å²) < 4.78 is 5.62. The maximum atomic E-state index is 12.0. The van der Waals surface area contributed by atoms with Crippen LogP contribution in [0.5, 0.6) is 5.75 Å². The van der Waals surface area contributed by atoms with Gasteiger partial charge in [0.25, 0.3) is 0 Å². The highest BCUT2D eigenvalue weighted by Crippen LogP contribution is 2.27. The van der Waals surface area contributed by atoms with Crippen LogP contribution in [0.2, 0.25) is 5.02 Å². The maximum absolute atomic E-state index is 12.0. The molecule has 24 heavy (non-hydrogen) atoms. The van der Waals surface area contributed by atoms with Gasteiger partial charge < -0.3 is 15.0 Å². The van der Waals surface area contributed by atoms with Crippen LogP contribution in [0.15, 0.2) is 42.7 Å². The van der Waals surface area contributed by atoms with Crippen molar-refractivity contribution < 1.29 is 9.53 Å². The number of benzene rings is 1. The quantitative estimate of drug-likeness (QED) is 0.796. The van der Waals surface area contributed by atoms with Crippen molar-refractivity contribution in [3.8, 4) is 5.75 Å². The van der Waals surface area contributed by atoms with Gasteiger partial charge in [0.05, 0.1) is 5.02 Å². The van der Waals surface area contributed by atoms with E-state index in [4.69, 9.17) is 16.3 Å². The fourth-order valence-electron chi connectivity index (χ4n) is 2.06. The normalized spacial score (nSPS) is 10.7. The molecule has 6 heteroatoms. The highest BCUT2D eigenvalue weighted by Gasteiger charge is 2.07. The van der Waals surface area contributed by atoms with Crippen LogP contribution >= 0.6 is 11.6 Å². The molecule has 0 saturated carbocycles. The van der Waals surface area contributed by atoms with Gasteiger partial charge in [-0.05, 0) is 50.3 Å². The van der Waals surface area contributed by atoms with Gasteiger partial charge in [-0.3, -0.25) is 9.78 Å². The average molecular weight is 348 g/mol. The Kier molecular flexibility index (Phi) is 7.03. The molecule has 0 unspecified atom stereocenters. The number of nitrogens with one attached hydrogen (secondary N) is 1. The highest BCUT2D eigenvalue weighted by atomic mass is 35.5. The zero-order valence-corrected chi connectivity index (χ0v) is 14.7. The molecule has 0 bridgehead atoms. The molecule has 2 aromatic rings. The second kappa shape index (κ2) is 9.25. The summed E-state index contributed by atoms with van der Waals surface area (Å²) in [6.45, 7) is 1.37. The highest BCUT2D eigenvalue weighted by molar-refractivity contribution is 6.32. The molecule has 1 amide bonds. The number of likely N-dealkylation sites (N-methyl/N-ethyl adjacent to an activating group) is 1. The first-order chi connectivity index (χ1) is 11.5. The van der Waals surface area contributed by atoms with Gasteiger partial charge in [-0.2, -0.15) is 0 Å². The summed E-state index contributed by atoms with van der Waals surface area (Å²) in [7, 11) is 3.96. The Morgan fingerprint density at radius 2 is 2.17 bits per heavy atom. The Morgan fingerprint density at radius 3 is 2.83 bits per heavy atom. The first-order valence-corrected chi connectivity index (χ1v) is 8.18. The molecule has 1 aromatic heterocycles. The van der Waals surface area contributed by atoms with Crippen LogP contribution in [0.3, 0.4) is 0 Å². The zero-order valence-electron chi connectivity index (χ0n) is 14.0. The smallest absolute Gasteiger partial charge is 0.224 e. The minimum Gasteiger partial charge on any atom is -0.491 e. The molecule has 0 saturated heterocycles. The maximum Gasteiger partial charge on any atom is 0.224 e. The van der Waals surface area contributed by atoms with Crippen molar-refractivity contribution in [2.75, 3.05) is 32.6 Å². The van der Waals surface area contributed by atoms with Gasteiger partial charge in [-0.15, -0.1) is 0 Å². The number of pyridine rings is 1. The van der Waals surface area contributed by atoms with E-state index in [1.807, 2.05) is 31.1 Å². The molecule has 1 N–H and O–H groups in total. The van der Waals surface area contributed by atoms with E-state index in [9.17, 15) is 4.79 Å². The molecule has 0 aliphatic heterocycles. The van der Waals surface area contributed by atoms with Gasteiger partial charge in [0, 0.05) is 31.0 Å². The Balaban J connectivity index is 1.83. The minimum absolute atomic E-state index is 0.0591. The molecule has 0 atom stereocenters. The Bertz CT molecular complexity index is 663. The number of amides is 1. The number of anilines is 1. The molecule has 0 radical (unpaired) electrons. The zero-order chi connectivity index (χ0) is 17.4. The third-order valence-electron chi connectivity index (χ3n) is 3.38. The lowest BCUT2D eigenvalue weighted by atomic mass is 10.1. The van der Waals surface area contributed by atoms with Crippen molar-refractivity contribution in [3.63, 3.8) is 0 Å². The van der Waals surface area contributed by atoms with Crippen LogP contribution < -0.4 is 10.1 Å². The van der Waals surface area contributed by atoms with Gasteiger partial charge in [0.15, 0.2) is 0 Å². The summed E-state index contributed by atoms with van der Waals surface area (Å²) >= 11 is 6.20. The lowest BCUT2D eigenvalue weighted by Gasteiger charge is -2.13. The molecule has 0 spiro atoms. The van der Waals surface area contributed by atoms with Crippen LogP contribution in [0, 0.1) is 0 Å². The summed E-state index contributed by atoms with van der Waals surface area (Å²) in [5.41, 5.74) is 1.70. The number of rotatable bonds is 8. The number of carbonyl (C=O) groups is 1. The van der Waals surface area contributed by atoms with E-state index in [2.05, 4.69) is 10.3 Å². The van der Waals surface area contributed by atoms with Crippen LogP contribution in [0.1, 0.15) is 12.0 Å². The molecule has 0 aliphatic carbocycles. The number of halogens is 1. The number of carbonyl (C=O) groups excluding carboxylic acids is 1. The van der Waals surface area contributed by atoms with Crippen LogP contribution in [0.25, 0.3) is 0 Å². The van der Waals surface area contributed by atoms with Crippen LogP contribution in [-0.2, 0) is 11.2 Å². The summed E-state index contributed by atoms with van der Waals surface area (Å²) in [6, 6.07) is 9.08. The molecule has 5 nitrogen and oxygen atoms in total. The minimum atomic E-state index is -0.0591. The van der Waals surface area contributed by atoms with E-state index < -0.39 is 0 Å². The third-order valence-corrected chi connectivity index (χ3v) is 3.67. The molecular weight excluding hydrogens is 326 g/mol. The molecule has 0 fully saturated rings. The van der Waals surface area contributed by atoms with Crippen molar-refractivity contribution in [2.24, 2.45) is 0 Å². The summed E-state index contributed by atoms with van der Waals surface area (Å²) in [6.07, 6.45) is 4.53. The molecule has 1 heterocycles. The predicted octanol–water partition coefficient (Wildman–Crippen LogP) is 3.25. The fourth-order valence-corrected chi connectivity index (χ4v) is 2.30. The monoisotopic (exact) mass is 347 g/mol. The Hall–Kier alpha value is -2.11. The first-order valence-electron chi connectivity index (χ1n) is 7.80. The average Bonchev–Trinajstić information content (AvgIpc) is 2.56. The Morgan fingerprint density at radius 1 is 1.33 bits per heavy atom. The summed E-state index contributed by atoms with van der Waals surface area (Å²) in [5, 5.41) is 3.33. The van der Waals surface area contributed by atoms with Crippen molar-refractivity contribution >= 4 is 23.2 Å². The van der Waals surface area contributed by atoms with Crippen molar-refractivity contribution in [1.29, 1.82) is 0 Å². The predicted molar refractivity (Wildman–Crippen MR) is 96.7 cm³/mol. The van der Waals surface area contributed by atoms with E-state index in [1.54, 1.807) is 30.6 Å². The van der Waals surface area contributed by atoms with E-state index in [-0.39, 0.29) is 5.91 Å². The largest absolute Gasteiger partial charge is 0.491 e. The standard InChI is InChI=1S/C18H22ClN3O2/c1-22(2)10-11-24-17-7-6-15(12-16(17)19)21-18(23)8-5-14-4-3-9-20-13-14/h3-4,6-7,9,12-13H,5,8,10-11H2,1-2H3,(H,21,23). The molecule has 128 valence electrons. The van der Waals surface area contributed by atoms with E-state index in [0.29, 0.717) is 35.9 Å². The lowest BCUT2D eigenvalue weighted by molar-refractivity contribution is -0.116. The molecule has 0 aliphatic rings. The number of ether oxygens (including phenoxy) is 1. The van der Waals surface area contributed by atoms with Gasteiger partial charge in [-0.1, -0.05) is 17.7 Å². The summed E-state index contributed by atoms with van der Waals surface area (Å²) in [5.74, 6) is 0.558. The third kappa shape index (κ3) is 6.18. The van der Waals surface area contributed by atoms with Crippen LogP contribution in [-0.4, -0.2) is 43.0 Å². The van der Waals surface area contributed by atoms with E-state index in [0.717, 1.165) is 12.1 Å². The number of hydrogen-bond acceptors (Lipinski definition) is 4. The molecule has 1 aromatic carbocycles. The second-order valence-electron chi connectivity index (χ2n) is 5.71. The fraction of sp³-hybridized carbons (Fsp3) is 0.333. The number of nitrogens with zero attached hydrogens (tertiary/aromatic N) is 2. The van der Waals surface area contributed by atoms with E-state index in [1.165, 1.54) is 0 Å². The number of aromatic nitrogens is 1. The SMILES string of the molecule is CN(C)CCOc1ccc(NC(=O)CCc2cccnc2)cc1Cl. The Labute approximate surface area is 147 Å². The number of aryl methyl sites for hydroxylation is 1. The van der Waals surface area contributed by atoms with E-state index >= 15 is 0 Å². The topological polar surface area (TPSA) is 54.5 Å². The van der Waals surface area contributed by atoms with Crippen molar-refractivity contribution in [3.05, 3.63) is 53.3 Å². The van der Waals surface area contributed by atoms with Gasteiger partial charge in [0.2, 0.25) is 5.91 Å². The van der Waals surface area contributed by atoms with Crippen molar-refractivity contribution in [2.45, 2.75) is 12.8 Å². The summed E-state index contributed by atoms with van der Waals surface area (Å²) in [4.78, 5) is 18.1. The molecular formula is C18H22ClN3O2. The van der Waals surface area contributed by atoms with Crippen LogP contribution in [0.4, 0.5) is 5.69 Å².